The number of rotatable bonds is 5. The summed E-state index contributed by atoms with van der Waals surface area (Å²) in [5, 5.41) is 12.8. The predicted molar refractivity (Wildman–Crippen MR) is 107 cm³/mol. The number of carbonyl (C=O) groups excluding carboxylic acids is 3. The van der Waals surface area contributed by atoms with Gasteiger partial charge in [0.2, 0.25) is 11.7 Å². The van der Waals surface area contributed by atoms with Gasteiger partial charge in [-0.2, -0.15) is 0 Å². The first kappa shape index (κ1) is 21.2. The van der Waals surface area contributed by atoms with E-state index < -0.39 is 17.5 Å². The molecule has 1 atom stereocenters. The summed E-state index contributed by atoms with van der Waals surface area (Å²) in [6, 6.07) is 11.1. The van der Waals surface area contributed by atoms with Crippen LogP contribution in [0.15, 0.2) is 42.5 Å². The first-order valence-electron chi connectivity index (χ1n) is 8.96. The summed E-state index contributed by atoms with van der Waals surface area (Å²) in [5.41, 5.74) is 0.952. The number of amides is 1. The highest BCUT2D eigenvalue weighted by Crippen LogP contribution is 2.23. The number of phenolic OH excluding ortho intramolecular Hbond substituents is 1. The maximum Gasteiger partial charge on any atom is 0.342 e. The monoisotopic (exact) mass is 383 g/mol. The van der Waals surface area contributed by atoms with Gasteiger partial charge >= 0.3 is 5.97 Å². The Hall–Kier alpha value is -3.15. The fraction of sp³-hybridized carbons (Fsp3) is 0.318. The molecular weight excluding hydrogens is 358 g/mol. The van der Waals surface area contributed by atoms with Gasteiger partial charge in [0, 0.05) is 16.7 Å². The molecule has 0 radical (unpaired) electrons. The summed E-state index contributed by atoms with van der Waals surface area (Å²) in [7, 11) is 0. The van der Waals surface area contributed by atoms with Crippen LogP contribution in [0.3, 0.4) is 0 Å². The van der Waals surface area contributed by atoms with Crippen LogP contribution >= 0.6 is 0 Å². The summed E-state index contributed by atoms with van der Waals surface area (Å²) in [5.74, 6) is -1.44. The Balaban J connectivity index is 2.06. The molecule has 0 saturated carbocycles. The highest BCUT2D eigenvalue weighted by Gasteiger charge is 2.23. The first-order valence-corrected chi connectivity index (χ1v) is 8.96. The van der Waals surface area contributed by atoms with E-state index in [1.54, 1.807) is 43.3 Å². The van der Waals surface area contributed by atoms with Gasteiger partial charge in [-0.25, -0.2) is 4.79 Å². The molecule has 0 aliphatic heterocycles. The third-order valence-electron chi connectivity index (χ3n) is 4.22. The Morgan fingerprint density at radius 3 is 2.21 bits per heavy atom. The smallest absolute Gasteiger partial charge is 0.342 e. The van der Waals surface area contributed by atoms with E-state index in [2.05, 4.69) is 5.32 Å². The second kappa shape index (κ2) is 8.25. The van der Waals surface area contributed by atoms with E-state index in [4.69, 9.17) is 4.74 Å². The SMILES string of the molecule is Cc1cccc(C(=O)O[C@H](C)C(=O)c2ccc(NC(=O)C(C)(C)C)cc2)c1O. The van der Waals surface area contributed by atoms with Gasteiger partial charge in [0.05, 0.1) is 0 Å². The molecule has 2 rings (SSSR count). The van der Waals surface area contributed by atoms with Gasteiger partial charge in [0.1, 0.15) is 11.3 Å². The number of Topliss-reactive ketones (excluding diaryl/α,β-unsaturated/α-hetero) is 1. The number of aryl methyl sites for hydroxylation is 1. The molecule has 2 N–H and O–H groups in total. The van der Waals surface area contributed by atoms with Crippen molar-refractivity contribution in [2.24, 2.45) is 5.41 Å². The lowest BCUT2D eigenvalue weighted by Crippen LogP contribution is -2.27. The van der Waals surface area contributed by atoms with Crippen LogP contribution in [-0.4, -0.2) is 28.9 Å². The van der Waals surface area contributed by atoms with E-state index in [1.165, 1.54) is 13.0 Å². The van der Waals surface area contributed by atoms with Crippen molar-refractivity contribution in [1.29, 1.82) is 0 Å². The summed E-state index contributed by atoms with van der Waals surface area (Å²) in [6.45, 7) is 8.57. The number of ketones is 1. The molecule has 0 aliphatic rings. The summed E-state index contributed by atoms with van der Waals surface area (Å²) in [6.07, 6.45) is -1.03. The zero-order valence-corrected chi connectivity index (χ0v) is 16.7. The second-order valence-corrected chi connectivity index (χ2v) is 7.66. The Morgan fingerprint density at radius 2 is 1.64 bits per heavy atom. The molecule has 0 aliphatic carbocycles. The van der Waals surface area contributed by atoms with E-state index in [-0.39, 0.29) is 23.0 Å². The number of hydrogen-bond acceptors (Lipinski definition) is 5. The number of para-hydroxylation sites is 1. The van der Waals surface area contributed by atoms with Crippen LogP contribution in [0.2, 0.25) is 0 Å². The van der Waals surface area contributed by atoms with Crippen LogP contribution in [0.4, 0.5) is 5.69 Å². The van der Waals surface area contributed by atoms with Crippen LogP contribution in [0.5, 0.6) is 5.75 Å². The molecular formula is C22H25NO5. The minimum atomic E-state index is -1.03. The molecule has 0 aromatic heterocycles. The van der Waals surface area contributed by atoms with Gasteiger partial charge in [-0.3, -0.25) is 9.59 Å². The number of phenols is 1. The summed E-state index contributed by atoms with van der Waals surface area (Å²) >= 11 is 0. The number of hydrogen-bond donors (Lipinski definition) is 2. The molecule has 2 aromatic carbocycles. The quantitative estimate of drug-likeness (QED) is 0.599. The molecule has 148 valence electrons. The van der Waals surface area contributed by atoms with Gasteiger partial charge in [-0.15, -0.1) is 0 Å². The maximum absolute atomic E-state index is 12.5. The number of aromatic hydroxyl groups is 1. The second-order valence-electron chi connectivity index (χ2n) is 7.66. The Labute approximate surface area is 164 Å². The summed E-state index contributed by atoms with van der Waals surface area (Å²) < 4.78 is 5.21. The minimum absolute atomic E-state index is 0.0138. The predicted octanol–water partition coefficient (Wildman–Crippen LogP) is 4.11. The first-order chi connectivity index (χ1) is 13.0. The molecule has 6 nitrogen and oxygen atoms in total. The van der Waals surface area contributed by atoms with Crippen molar-refractivity contribution in [2.45, 2.75) is 40.7 Å². The molecule has 0 unspecified atom stereocenters. The topological polar surface area (TPSA) is 92.7 Å². The fourth-order valence-corrected chi connectivity index (χ4v) is 2.37. The van der Waals surface area contributed by atoms with E-state index in [1.807, 2.05) is 20.8 Å². The van der Waals surface area contributed by atoms with Crippen molar-refractivity contribution in [3.8, 4) is 5.75 Å². The number of ether oxygens (including phenoxy) is 1. The van der Waals surface area contributed by atoms with E-state index in [0.717, 1.165) is 0 Å². The van der Waals surface area contributed by atoms with Gasteiger partial charge in [-0.1, -0.05) is 32.9 Å². The van der Waals surface area contributed by atoms with E-state index in [0.29, 0.717) is 16.8 Å². The van der Waals surface area contributed by atoms with Crippen molar-refractivity contribution in [3.63, 3.8) is 0 Å². The Morgan fingerprint density at radius 1 is 1.04 bits per heavy atom. The molecule has 0 heterocycles. The van der Waals surface area contributed by atoms with Gasteiger partial charge in [-0.05, 0) is 49.7 Å². The van der Waals surface area contributed by atoms with Crippen molar-refractivity contribution >= 4 is 23.3 Å². The standard InChI is InChI=1S/C22H25NO5/c1-13-7-6-8-17(18(13)24)20(26)28-14(2)19(25)15-9-11-16(12-10-15)23-21(27)22(3,4)5/h6-12,14,24H,1-5H3,(H,23,27)/t14-/m1/s1. The van der Waals surface area contributed by atoms with Crippen LogP contribution in [0.1, 0.15) is 54.0 Å². The summed E-state index contributed by atoms with van der Waals surface area (Å²) in [4.78, 5) is 36.8. The lowest BCUT2D eigenvalue weighted by atomic mass is 9.95. The molecule has 0 bridgehead atoms. The van der Waals surface area contributed by atoms with Gasteiger partial charge in [0.25, 0.3) is 0 Å². The normalized spacial score (nSPS) is 12.2. The van der Waals surface area contributed by atoms with E-state index >= 15 is 0 Å². The zero-order valence-electron chi connectivity index (χ0n) is 16.7. The largest absolute Gasteiger partial charge is 0.507 e. The lowest BCUT2D eigenvalue weighted by Gasteiger charge is -2.18. The third-order valence-corrected chi connectivity index (χ3v) is 4.22. The Kier molecular flexibility index (Phi) is 6.23. The Bertz CT molecular complexity index is 894. The van der Waals surface area contributed by atoms with Crippen LogP contribution in [-0.2, 0) is 9.53 Å². The molecule has 1 amide bonds. The average Bonchev–Trinajstić information content (AvgIpc) is 2.63. The van der Waals surface area contributed by atoms with Crippen LogP contribution < -0.4 is 5.32 Å². The van der Waals surface area contributed by atoms with Crippen LogP contribution in [0.25, 0.3) is 0 Å². The molecule has 28 heavy (non-hydrogen) atoms. The van der Waals surface area contributed by atoms with Crippen molar-refractivity contribution in [1.82, 2.24) is 0 Å². The van der Waals surface area contributed by atoms with Crippen molar-refractivity contribution in [2.75, 3.05) is 5.32 Å². The highest BCUT2D eigenvalue weighted by atomic mass is 16.5. The number of benzene rings is 2. The van der Waals surface area contributed by atoms with Gasteiger partial charge in [0.15, 0.2) is 6.10 Å². The number of carbonyl (C=O) groups is 3. The zero-order chi connectivity index (χ0) is 21.1. The number of nitrogens with one attached hydrogen (secondary N) is 1. The molecule has 0 saturated heterocycles. The highest BCUT2D eigenvalue weighted by molar-refractivity contribution is 6.02. The maximum atomic E-state index is 12.5. The third kappa shape index (κ3) is 4.97. The fourth-order valence-electron chi connectivity index (χ4n) is 2.37. The number of esters is 1. The minimum Gasteiger partial charge on any atom is -0.507 e. The van der Waals surface area contributed by atoms with E-state index in [9.17, 15) is 19.5 Å². The lowest BCUT2D eigenvalue weighted by molar-refractivity contribution is -0.123. The van der Waals surface area contributed by atoms with Gasteiger partial charge < -0.3 is 15.2 Å². The molecule has 2 aromatic rings. The molecule has 0 fully saturated rings. The molecule has 6 heteroatoms. The van der Waals surface area contributed by atoms with Crippen LogP contribution in [0, 0.1) is 12.3 Å². The average molecular weight is 383 g/mol. The molecule has 0 spiro atoms. The van der Waals surface area contributed by atoms with Crippen molar-refractivity contribution in [3.05, 3.63) is 59.2 Å². The van der Waals surface area contributed by atoms with Crippen molar-refractivity contribution < 1.29 is 24.2 Å². The number of anilines is 1.